The summed E-state index contributed by atoms with van der Waals surface area (Å²) < 4.78 is 5.54. The predicted octanol–water partition coefficient (Wildman–Crippen LogP) is 2.90. The van der Waals surface area contributed by atoms with Gasteiger partial charge in [-0.3, -0.25) is 4.90 Å². The Balaban J connectivity index is 2.08. The number of nitrogens with zero attached hydrogens (tertiary/aromatic N) is 1. The third kappa shape index (κ3) is 3.75. The minimum atomic E-state index is 0.224. The zero-order valence-electron chi connectivity index (χ0n) is 14.0. The van der Waals surface area contributed by atoms with Gasteiger partial charge in [-0.2, -0.15) is 0 Å². The van der Waals surface area contributed by atoms with E-state index >= 15 is 0 Å². The van der Waals surface area contributed by atoms with Gasteiger partial charge in [0, 0.05) is 24.7 Å². The highest BCUT2D eigenvalue weighted by Crippen LogP contribution is 2.36. The highest BCUT2D eigenvalue weighted by atomic mass is 16.5. The van der Waals surface area contributed by atoms with Crippen LogP contribution in [0, 0.1) is 11.8 Å². The molecule has 1 saturated heterocycles. The summed E-state index contributed by atoms with van der Waals surface area (Å²) in [7, 11) is 0. The molecule has 2 aliphatic rings. The van der Waals surface area contributed by atoms with E-state index in [1.807, 2.05) is 0 Å². The Morgan fingerprint density at radius 1 is 1.25 bits per heavy atom. The van der Waals surface area contributed by atoms with E-state index in [9.17, 15) is 0 Å². The summed E-state index contributed by atoms with van der Waals surface area (Å²) in [4.78, 5) is 2.64. The SMILES string of the molecule is CCNC(C1CCCC(C)C1)C(C)(C)N1CCOCC1. The molecule has 0 aromatic rings. The lowest BCUT2D eigenvalue weighted by Crippen LogP contribution is -2.63. The van der Waals surface area contributed by atoms with E-state index in [0.717, 1.165) is 44.7 Å². The summed E-state index contributed by atoms with van der Waals surface area (Å²) in [6.07, 6.45) is 5.63. The van der Waals surface area contributed by atoms with Crippen LogP contribution in [-0.2, 0) is 4.74 Å². The van der Waals surface area contributed by atoms with Gasteiger partial charge in [0.25, 0.3) is 0 Å². The maximum Gasteiger partial charge on any atom is 0.0594 e. The zero-order chi connectivity index (χ0) is 14.6. The lowest BCUT2D eigenvalue weighted by Gasteiger charge is -2.50. The van der Waals surface area contributed by atoms with Gasteiger partial charge in [0.1, 0.15) is 0 Å². The van der Waals surface area contributed by atoms with Crippen LogP contribution in [0.1, 0.15) is 53.4 Å². The Morgan fingerprint density at radius 2 is 1.95 bits per heavy atom. The van der Waals surface area contributed by atoms with Crippen LogP contribution in [0.2, 0.25) is 0 Å². The van der Waals surface area contributed by atoms with E-state index in [4.69, 9.17) is 4.74 Å². The highest BCUT2D eigenvalue weighted by molar-refractivity contribution is 4.98. The van der Waals surface area contributed by atoms with Crippen LogP contribution >= 0.6 is 0 Å². The largest absolute Gasteiger partial charge is 0.379 e. The molecule has 118 valence electrons. The van der Waals surface area contributed by atoms with E-state index in [-0.39, 0.29) is 5.54 Å². The summed E-state index contributed by atoms with van der Waals surface area (Å²) in [6, 6.07) is 0.605. The molecular formula is C17H34N2O. The van der Waals surface area contributed by atoms with E-state index in [2.05, 4.69) is 37.9 Å². The molecule has 0 aromatic carbocycles. The van der Waals surface area contributed by atoms with Crippen molar-refractivity contribution in [3.8, 4) is 0 Å². The molecule has 1 N–H and O–H groups in total. The van der Waals surface area contributed by atoms with Crippen molar-refractivity contribution in [3.05, 3.63) is 0 Å². The molecule has 0 aromatic heterocycles. The molecule has 2 fully saturated rings. The first-order chi connectivity index (χ1) is 9.55. The van der Waals surface area contributed by atoms with Crippen molar-refractivity contribution in [1.29, 1.82) is 0 Å². The first kappa shape index (κ1) is 16.3. The Hall–Kier alpha value is -0.120. The van der Waals surface area contributed by atoms with Gasteiger partial charge in [0.15, 0.2) is 0 Å². The second kappa shape index (κ2) is 7.24. The van der Waals surface area contributed by atoms with Gasteiger partial charge >= 0.3 is 0 Å². The molecule has 3 heteroatoms. The van der Waals surface area contributed by atoms with Crippen molar-refractivity contribution in [2.45, 2.75) is 65.0 Å². The minimum absolute atomic E-state index is 0.224. The number of hydrogen-bond donors (Lipinski definition) is 1. The minimum Gasteiger partial charge on any atom is -0.379 e. The molecule has 1 aliphatic heterocycles. The number of nitrogens with one attached hydrogen (secondary N) is 1. The van der Waals surface area contributed by atoms with E-state index in [1.165, 1.54) is 25.7 Å². The van der Waals surface area contributed by atoms with Gasteiger partial charge < -0.3 is 10.1 Å². The molecule has 20 heavy (non-hydrogen) atoms. The van der Waals surface area contributed by atoms with Crippen molar-refractivity contribution in [2.24, 2.45) is 11.8 Å². The smallest absolute Gasteiger partial charge is 0.0594 e. The lowest BCUT2D eigenvalue weighted by molar-refractivity contribution is -0.0355. The summed E-state index contributed by atoms with van der Waals surface area (Å²) in [5.41, 5.74) is 0.224. The summed E-state index contributed by atoms with van der Waals surface area (Å²) in [5, 5.41) is 3.83. The predicted molar refractivity (Wildman–Crippen MR) is 85.1 cm³/mol. The number of hydrogen-bond acceptors (Lipinski definition) is 3. The molecule has 3 unspecified atom stereocenters. The van der Waals surface area contributed by atoms with Crippen LogP contribution < -0.4 is 5.32 Å². The fraction of sp³-hybridized carbons (Fsp3) is 1.00. The average molecular weight is 282 g/mol. The topological polar surface area (TPSA) is 24.5 Å². The Labute approximate surface area is 125 Å². The standard InChI is InChI=1S/C17H34N2O/c1-5-18-16(15-8-6-7-14(2)13-15)17(3,4)19-9-11-20-12-10-19/h14-16,18H,5-13H2,1-4H3. The number of ether oxygens (including phenoxy) is 1. The summed E-state index contributed by atoms with van der Waals surface area (Å²) in [6.45, 7) is 14.6. The second-order valence-electron chi connectivity index (χ2n) is 7.32. The first-order valence-corrected chi connectivity index (χ1v) is 8.62. The van der Waals surface area contributed by atoms with E-state index < -0.39 is 0 Å². The summed E-state index contributed by atoms with van der Waals surface area (Å²) in [5.74, 6) is 1.73. The van der Waals surface area contributed by atoms with Gasteiger partial charge in [-0.1, -0.05) is 26.7 Å². The van der Waals surface area contributed by atoms with Crippen LogP contribution in [-0.4, -0.2) is 49.3 Å². The van der Waals surface area contributed by atoms with Gasteiger partial charge in [0.2, 0.25) is 0 Å². The fourth-order valence-corrected chi connectivity index (χ4v) is 4.33. The van der Waals surface area contributed by atoms with Crippen molar-refractivity contribution in [1.82, 2.24) is 10.2 Å². The van der Waals surface area contributed by atoms with E-state index in [1.54, 1.807) is 0 Å². The van der Waals surface area contributed by atoms with Gasteiger partial charge in [-0.15, -0.1) is 0 Å². The molecule has 0 amide bonds. The molecule has 2 rings (SSSR count). The normalized spacial score (nSPS) is 31.2. The number of morpholine rings is 1. The average Bonchev–Trinajstić information content (AvgIpc) is 2.45. The van der Waals surface area contributed by atoms with Gasteiger partial charge in [-0.05, 0) is 45.1 Å². The van der Waals surface area contributed by atoms with Crippen LogP contribution in [0.15, 0.2) is 0 Å². The van der Waals surface area contributed by atoms with Gasteiger partial charge in [0.05, 0.1) is 13.2 Å². The Bertz CT molecular complexity index is 287. The lowest BCUT2D eigenvalue weighted by atomic mass is 9.72. The number of rotatable bonds is 5. The van der Waals surface area contributed by atoms with Crippen LogP contribution in [0.25, 0.3) is 0 Å². The Morgan fingerprint density at radius 3 is 2.55 bits per heavy atom. The van der Waals surface area contributed by atoms with E-state index in [0.29, 0.717) is 6.04 Å². The third-order valence-electron chi connectivity index (χ3n) is 5.46. The van der Waals surface area contributed by atoms with Gasteiger partial charge in [-0.25, -0.2) is 0 Å². The molecule has 0 radical (unpaired) electrons. The third-order valence-corrected chi connectivity index (χ3v) is 5.46. The van der Waals surface area contributed by atoms with Crippen LogP contribution in [0.3, 0.4) is 0 Å². The zero-order valence-corrected chi connectivity index (χ0v) is 14.0. The van der Waals surface area contributed by atoms with Crippen molar-refractivity contribution < 1.29 is 4.74 Å². The van der Waals surface area contributed by atoms with Crippen LogP contribution in [0.4, 0.5) is 0 Å². The maximum atomic E-state index is 5.54. The van der Waals surface area contributed by atoms with Crippen molar-refractivity contribution in [3.63, 3.8) is 0 Å². The van der Waals surface area contributed by atoms with Crippen molar-refractivity contribution >= 4 is 0 Å². The molecule has 0 spiro atoms. The van der Waals surface area contributed by atoms with Crippen LogP contribution in [0.5, 0.6) is 0 Å². The fourth-order valence-electron chi connectivity index (χ4n) is 4.33. The molecule has 1 aliphatic carbocycles. The highest BCUT2D eigenvalue weighted by Gasteiger charge is 2.40. The number of likely N-dealkylation sites (N-methyl/N-ethyl adjacent to an activating group) is 1. The monoisotopic (exact) mass is 282 g/mol. The second-order valence-corrected chi connectivity index (χ2v) is 7.32. The molecule has 3 nitrogen and oxygen atoms in total. The molecule has 0 bridgehead atoms. The molecule has 3 atom stereocenters. The quantitative estimate of drug-likeness (QED) is 0.839. The summed E-state index contributed by atoms with van der Waals surface area (Å²) >= 11 is 0. The molecular weight excluding hydrogens is 248 g/mol. The molecule has 1 heterocycles. The Kier molecular flexibility index (Phi) is 5.88. The molecule has 1 saturated carbocycles. The van der Waals surface area contributed by atoms with Crippen molar-refractivity contribution in [2.75, 3.05) is 32.8 Å². The maximum absolute atomic E-state index is 5.54. The first-order valence-electron chi connectivity index (χ1n) is 8.62.